The maximum absolute atomic E-state index is 7.00. The van der Waals surface area contributed by atoms with Crippen LogP contribution >= 0.6 is 22.7 Å². The summed E-state index contributed by atoms with van der Waals surface area (Å²) in [6.45, 7) is 0. The van der Waals surface area contributed by atoms with Gasteiger partial charge in [-0.25, -0.2) is 0 Å². The van der Waals surface area contributed by atoms with Gasteiger partial charge in [0.15, 0.2) is 0 Å². The van der Waals surface area contributed by atoms with Crippen molar-refractivity contribution in [1.82, 2.24) is 0 Å². The van der Waals surface area contributed by atoms with E-state index in [1.807, 2.05) is 0 Å². The van der Waals surface area contributed by atoms with Gasteiger partial charge < -0.3 is 10.0 Å². The van der Waals surface area contributed by atoms with Crippen LogP contribution in [0.1, 0.15) is 0 Å². The van der Waals surface area contributed by atoms with Crippen LogP contribution < -0.4 is 0 Å². The van der Waals surface area contributed by atoms with E-state index in [1.54, 1.807) is 22.7 Å². The topological polar surface area (TPSA) is 40.5 Å². The highest BCUT2D eigenvalue weighted by atomic mass is 32.1. The Labute approximate surface area is 73.0 Å². The molecule has 0 saturated heterocycles. The second kappa shape index (κ2) is 4.51. The smallest absolute Gasteiger partial charge is 0.429 e. The third-order valence-electron chi connectivity index (χ3n) is 1.07. The summed E-state index contributed by atoms with van der Waals surface area (Å²) in [6, 6.07) is 4.31. The number of hydrogen-bond donors (Lipinski definition) is 2. The zero-order valence-electron chi connectivity index (χ0n) is 5.60. The molecule has 2 aromatic rings. The molecule has 0 saturated carbocycles. The highest BCUT2D eigenvalue weighted by Crippen LogP contribution is 2.25. The van der Waals surface area contributed by atoms with Gasteiger partial charge >= 0.3 is 7.69 Å². The van der Waals surface area contributed by atoms with Crippen LogP contribution in [0.15, 0.2) is 22.9 Å². The van der Waals surface area contributed by atoms with Crippen molar-refractivity contribution < 1.29 is 10.0 Å². The zero-order valence-corrected chi connectivity index (χ0v) is 7.23. The molecule has 0 fully saturated rings. The second-order valence-electron chi connectivity index (χ2n) is 1.69. The Balaban J connectivity index is 0.000000179. The van der Waals surface area contributed by atoms with Gasteiger partial charge in [0.2, 0.25) is 0 Å². The van der Waals surface area contributed by atoms with Crippen LogP contribution in [0.4, 0.5) is 0 Å². The van der Waals surface area contributed by atoms with Crippen molar-refractivity contribution in [2.75, 3.05) is 0 Å². The van der Waals surface area contributed by atoms with Gasteiger partial charge in [-0.15, -0.1) is 22.7 Å². The predicted molar refractivity (Wildman–Crippen MR) is 49.9 cm³/mol. The predicted octanol–water partition coefficient (Wildman–Crippen LogP) is 1.47. The first-order valence-corrected chi connectivity index (χ1v) is 4.65. The van der Waals surface area contributed by atoms with Gasteiger partial charge in [0.1, 0.15) is 0 Å². The summed E-state index contributed by atoms with van der Waals surface area (Å²) in [5.41, 5.74) is 0. The minimum atomic E-state index is 0. The summed E-state index contributed by atoms with van der Waals surface area (Å²) in [7, 11) is 0. The van der Waals surface area contributed by atoms with Crippen LogP contribution in [0, 0.1) is 0 Å². The number of thiophene rings is 2. The first-order chi connectivity index (χ1) is 5.38. The molecule has 0 atom stereocenters. The quantitative estimate of drug-likeness (QED) is 0.610. The first kappa shape index (κ1) is 8.74. The van der Waals surface area contributed by atoms with Gasteiger partial charge in [-0.2, -0.15) is 0 Å². The Bertz CT molecular complexity index is 253. The van der Waals surface area contributed by atoms with Crippen molar-refractivity contribution in [2.24, 2.45) is 0 Å². The van der Waals surface area contributed by atoms with E-state index < -0.39 is 0 Å². The maximum atomic E-state index is 7.00. The van der Waals surface area contributed by atoms with Crippen LogP contribution in [-0.4, -0.2) is 17.7 Å². The van der Waals surface area contributed by atoms with Crippen LogP contribution in [0.25, 0.3) is 9.40 Å². The molecule has 57 valence electrons. The molecule has 2 heterocycles. The maximum Gasteiger partial charge on any atom is 0.482 e. The highest BCUT2D eigenvalue weighted by Gasteiger charge is 1.90. The fourth-order valence-electron chi connectivity index (χ4n) is 0.697. The van der Waals surface area contributed by atoms with E-state index in [4.69, 9.17) is 10.0 Å². The van der Waals surface area contributed by atoms with E-state index in [1.165, 1.54) is 9.40 Å². The van der Waals surface area contributed by atoms with E-state index >= 15 is 0 Å². The standard InChI is InChI=1S/C6H4S2.BH2O2/c1-3-7-6-2-4-8-5(1)6;2-1-3/h1-4H;2-3H. The average molecular weight is 185 g/mol. The van der Waals surface area contributed by atoms with Gasteiger partial charge in [-0.3, -0.25) is 0 Å². The molecule has 0 aliphatic rings. The molecule has 5 heteroatoms. The Morgan fingerprint density at radius 2 is 1.36 bits per heavy atom. The molecule has 2 aromatic heterocycles. The Kier molecular flexibility index (Phi) is 3.58. The fraction of sp³-hybridized carbons (Fsp3) is 0. The molecule has 11 heavy (non-hydrogen) atoms. The summed E-state index contributed by atoms with van der Waals surface area (Å²) in [5.74, 6) is 0. The van der Waals surface area contributed by atoms with E-state index in [0.717, 1.165) is 0 Å². The minimum Gasteiger partial charge on any atom is -0.429 e. The Morgan fingerprint density at radius 1 is 1.00 bits per heavy atom. The van der Waals surface area contributed by atoms with Crippen molar-refractivity contribution >= 4 is 39.8 Å². The summed E-state index contributed by atoms with van der Waals surface area (Å²) in [6.07, 6.45) is 0. The molecule has 2 rings (SSSR count). The molecule has 0 bridgehead atoms. The largest absolute Gasteiger partial charge is 0.482 e. The molecule has 2 N–H and O–H groups in total. The van der Waals surface area contributed by atoms with E-state index in [0.29, 0.717) is 0 Å². The lowest BCUT2D eigenvalue weighted by atomic mass is 10.5. The third kappa shape index (κ3) is 2.30. The van der Waals surface area contributed by atoms with Crippen molar-refractivity contribution in [2.45, 2.75) is 0 Å². The number of rotatable bonds is 0. The lowest BCUT2D eigenvalue weighted by Gasteiger charge is -1.63. The zero-order chi connectivity index (χ0) is 8.10. The monoisotopic (exact) mass is 185 g/mol. The summed E-state index contributed by atoms with van der Waals surface area (Å²) in [5, 5.41) is 18.3. The van der Waals surface area contributed by atoms with E-state index in [-0.39, 0.29) is 7.69 Å². The van der Waals surface area contributed by atoms with Crippen LogP contribution in [0.3, 0.4) is 0 Å². The minimum absolute atomic E-state index is 0. The van der Waals surface area contributed by atoms with Crippen molar-refractivity contribution in [3.8, 4) is 0 Å². The third-order valence-corrected chi connectivity index (χ3v) is 2.97. The summed E-state index contributed by atoms with van der Waals surface area (Å²) >= 11 is 3.61. The molecule has 0 aromatic carbocycles. The summed E-state index contributed by atoms with van der Waals surface area (Å²) in [4.78, 5) is 0. The normalized spacial score (nSPS) is 8.91. The Hall–Kier alpha value is -0.355. The molecule has 1 radical (unpaired) electrons. The van der Waals surface area contributed by atoms with Crippen molar-refractivity contribution in [3.05, 3.63) is 22.9 Å². The summed E-state index contributed by atoms with van der Waals surface area (Å²) < 4.78 is 2.82. The number of fused-ring (bicyclic) bond motifs is 1. The van der Waals surface area contributed by atoms with E-state index in [9.17, 15) is 0 Å². The Morgan fingerprint density at radius 3 is 1.73 bits per heavy atom. The molecule has 0 spiro atoms. The molecule has 0 unspecified atom stereocenters. The van der Waals surface area contributed by atoms with Gasteiger partial charge in [0, 0.05) is 9.40 Å². The van der Waals surface area contributed by atoms with Crippen LogP contribution in [0.5, 0.6) is 0 Å². The van der Waals surface area contributed by atoms with Gasteiger partial charge in [-0.1, -0.05) is 0 Å². The van der Waals surface area contributed by atoms with Crippen molar-refractivity contribution in [1.29, 1.82) is 0 Å². The van der Waals surface area contributed by atoms with Crippen molar-refractivity contribution in [3.63, 3.8) is 0 Å². The molecule has 0 aliphatic heterocycles. The van der Waals surface area contributed by atoms with Crippen LogP contribution in [-0.2, 0) is 0 Å². The first-order valence-electron chi connectivity index (χ1n) is 2.89. The average Bonchev–Trinajstić information content (AvgIpc) is 2.44. The molecule has 0 aliphatic carbocycles. The SMILES string of the molecule is O[B]O.c1cc2sccc2s1. The molecular weight excluding hydrogens is 179 g/mol. The number of hydrogen-bond acceptors (Lipinski definition) is 4. The molecular formula is C6H6BO2S2. The lowest BCUT2D eigenvalue weighted by Crippen LogP contribution is -1.75. The lowest BCUT2D eigenvalue weighted by molar-refractivity contribution is 0.448. The second-order valence-corrected chi connectivity index (χ2v) is 3.58. The molecule has 0 amide bonds. The molecule has 2 nitrogen and oxygen atoms in total. The van der Waals surface area contributed by atoms with Gasteiger partial charge in [0.05, 0.1) is 0 Å². The van der Waals surface area contributed by atoms with Gasteiger partial charge in [-0.05, 0) is 22.9 Å². The van der Waals surface area contributed by atoms with E-state index in [2.05, 4.69) is 22.9 Å². The fourth-order valence-corrected chi connectivity index (χ4v) is 2.52. The van der Waals surface area contributed by atoms with Gasteiger partial charge in [0.25, 0.3) is 0 Å². The highest BCUT2D eigenvalue weighted by molar-refractivity contribution is 7.25. The van der Waals surface area contributed by atoms with Crippen LogP contribution in [0.2, 0.25) is 0 Å².